The molecule has 8 nitrogen and oxygen atoms in total. The van der Waals surface area contributed by atoms with Gasteiger partial charge < -0.3 is 20.3 Å². The molecule has 1 saturated heterocycles. The molecule has 2 aliphatic heterocycles. The van der Waals surface area contributed by atoms with Crippen LogP contribution in [0.3, 0.4) is 0 Å². The van der Waals surface area contributed by atoms with Crippen LogP contribution in [0.2, 0.25) is 0 Å². The van der Waals surface area contributed by atoms with Crippen LogP contribution in [0.25, 0.3) is 0 Å². The molecule has 63 heavy (non-hydrogen) atoms. The van der Waals surface area contributed by atoms with Gasteiger partial charge in [0.15, 0.2) is 5.70 Å². The van der Waals surface area contributed by atoms with Crippen LogP contribution in [-0.4, -0.2) is 66.1 Å². The van der Waals surface area contributed by atoms with Crippen molar-refractivity contribution < 1.29 is 29.9 Å². The number of nitrogens with zero attached hydrogens (tertiary/aromatic N) is 1. The zero-order valence-electron chi connectivity index (χ0n) is 40.1. The van der Waals surface area contributed by atoms with Gasteiger partial charge in [0.05, 0.1) is 37.7 Å². The van der Waals surface area contributed by atoms with Crippen molar-refractivity contribution in [2.75, 3.05) is 13.7 Å². The number of aliphatic hydroxyl groups excluding tert-OH is 2. The third kappa shape index (κ3) is 12.9. The van der Waals surface area contributed by atoms with E-state index in [0.717, 1.165) is 88.8 Å². The Hall–Kier alpha value is -2.02. The number of aliphatic hydroxyl groups is 2. The predicted octanol–water partition coefficient (Wildman–Crippen LogP) is 9.16. The molecule has 0 aromatic heterocycles. The molecule has 0 amide bonds. The van der Waals surface area contributed by atoms with Crippen LogP contribution in [0.4, 0.5) is 0 Å². The Morgan fingerprint density at radius 1 is 0.905 bits per heavy atom. The Balaban J connectivity index is 1.26. The van der Waals surface area contributed by atoms with Gasteiger partial charge in [0.25, 0.3) is 0 Å². The molecule has 7 aliphatic rings. The van der Waals surface area contributed by atoms with E-state index < -0.39 is 12.2 Å². The number of nitrogens with two attached hydrogens (primary N) is 2. The molecule has 8 heteroatoms. The minimum absolute atomic E-state index is 0.0190. The molecule has 2 heterocycles. The lowest BCUT2D eigenvalue weighted by Crippen LogP contribution is -2.94. The van der Waals surface area contributed by atoms with Crippen LogP contribution in [0.5, 0.6) is 0 Å². The molecular weight excluding hydrogens is 783 g/mol. The quantitative estimate of drug-likeness (QED) is 0.0781. The van der Waals surface area contributed by atoms with Gasteiger partial charge in [0.1, 0.15) is 35.9 Å². The second-order valence-electron chi connectivity index (χ2n) is 22.6. The van der Waals surface area contributed by atoms with Gasteiger partial charge in [0.2, 0.25) is 0 Å². The number of fused-ring (bicyclic) bond motifs is 2. The monoisotopic (exact) mass is 872 g/mol. The molecule has 6 N–H and O–H groups in total. The fourth-order valence-electron chi connectivity index (χ4n) is 14.6. The van der Waals surface area contributed by atoms with Crippen LogP contribution in [-0.2, 0) is 14.3 Å². The normalized spacial score (nSPS) is 37.5. The van der Waals surface area contributed by atoms with Crippen molar-refractivity contribution >= 4 is 17.8 Å². The molecule has 352 valence electrons. The molecule has 0 aromatic rings. The third-order valence-electron chi connectivity index (χ3n) is 18.0. The van der Waals surface area contributed by atoms with Crippen LogP contribution in [0.1, 0.15) is 181 Å². The molecular formula is C55H89N3O5+2. The van der Waals surface area contributed by atoms with E-state index in [2.05, 4.69) is 44.0 Å². The standard InChI is InChI=1S/C55H88N3O5/c1-5-12-46(50(60)32-44-29-43(34-58-44)35(2)3)42-27-38(25-37-23-24-57-53(56)28-37)26-40-19-22-47(39-15-10-7-11-16-39)54-41(18-20-45(59)33-51(61)49(40)30-42)31-52(63-4)55(62)48(54)21-17-36-13-8-6-9-14-36/h29,34-42,46-50,52-55,57,60,62H,5-18,20-21,23-28,30-33,56H2,1-4H3/q+1/p+1. The summed E-state index contributed by atoms with van der Waals surface area (Å²) in [6, 6.07) is 0. The number of carbonyl (C=O) groups excluding carboxylic acids is 2. The van der Waals surface area contributed by atoms with Gasteiger partial charge in [-0.1, -0.05) is 83.0 Å². The van der Waals surface area contributed by atoms with E-state index in [1.165, 1.54) is 70.1 Å². The topological polar surface area (TPSA) is 139 Å². The maximum atomic E-state index is 14.9. The van der Waals surface area contributed by atoms with Gasteiger partial charge in [-0.2, -0.15) is 0 Å². The van der Waals surface area contributed by atoms with Crippen molar-refractivity contribution in [1.82, 2.24) is 0 Å². The first-order valence-electron chi connectivity index (χ1n) is 26.7. The van der Waals surface area contributed by atoms with Crippen LogP contribution < -0.4 is 11.1 Å². The molecule has 0 aromatic carbocycles. The first-order chi connectivity index (χ1) is 30.5. The number of methoxy groups -OCH3 is 1. The number of aliphatic imine (C=N–C) groups is 1. The van der Waals surface area contributed by atoms with Crippen LogP contribution >= 0.6 is 0 Å². The lowest BCUT2D eigenvalue weighted by Gasteiger charge is -2.49. The number of quaternary nitrogens is 1. The summed E-state index contributed by atoms with van der Waals surface area (Å²) in [4.78, 5) is 33.8. The Labute approximate surface area is 383 Å². The Morgan fingerprint density at radius 2 is 1.67 bits per heavy atom. The number of Topliss-reactive ketones (excluding diaryl/α,β-unsaturated/α-hetero) is 2. The zero-order valence-corrected chi connectivity index (χ0v) is 40.1. The maximum absolute atomic E-state index is 14.9. The van der Waals surface area contributed by atoms with Gasteiger partial charge >= 0.3 is 0 Å². The highest BCUT2D eigenvalue weighted by Gasteiger charge is 2.49. The summed E-state index contributed by atoms with van der Waals surface area (Å²) < 4.78 is 6.09. The van der Waals surface area contributed by atoms with E-state index in [0.29, 0.717) is 42.9 Å². The molecule has 0 radical (unpaired) electrons. The van der Waals surface area contributed by atoms with Gasteiger partial charge in [-0.25, -0.2) is 0 Å². The van der Waals surface area contributed by atoms with E-state index >= 15 is 0 Å². The first kappa shape index (κ1) is 48.9. The highest BCUT2D eigenvalue weighted by molar-refractivity contribution is 6.00. The number of ether oxygens (including phenoxy) is 1. The van der Waals surface area contributed by atoms with Gasteiger partial charge in [-0.3, -0.25) is 15.3 Å². The number of hydrogen-bond donors (Lipinski definition) is 4. The SMILES string of the molecule is CCCC(C(O)CC1=C[C+](C(C)C)C=N1)C1CC(CC2CC[NH2+]C(N)C2)CC2C#CC(C3CCCCC3)C3C(CCC(=O)CC(=O)C2C1)CC(OC)C(O)C3CCC1CCCCC1. The summed E-state index contributed by atoms with van der Waals surface area (Å²) in [6.45, 7) is 7.65. The van der Waals surface area contributed by atoms with E-state index in [-0.39, 0.29) is 77.6 Å². The zero-order chi connectivity index (χ0) is 44.5. The van der Waals surface area contributed by atoms with E-state index in [4.69, 9.17) is 15.5 Å². The summed E-state index contributed by atoms with van der Waals surface area (Å²) in [5, 5.41) is 26.8. The Kier molecular flexibility index (Phi) is 18.3. The Bertz CT molecular complexity index is 1590. The molecule has 0 spiro atoms. The summed E-state index contributed by atoms with van der Waals surface area (Å²) in [6.07, 6.45) is 27.8. The lowest BCUT2D eigenvalue weighted by atomic mass is 9.57. The number of piperidine rings is 1. The average Bonchev–Trinajstić information content (AvgIpc) is 3.67. The Morgan fingerprint density at radius 3 is 2.37 bits per heavy atom. The fraction of sp³-hybridized carbons (Fsp3) is 0.855. The molecule has 0 bridgehead atoms. The van der Waals surface area contributed by atoms with Crippen molar-refractivity contribution in [3.8, 4) is 11.8 Å². The first-order valence-corrected chi connectivity index (χ1v) is 26.7. The minimum atomic E-state index is -0.555. The number of allylic oxidation sites excluding steroid dienone is 1. The summed E-state index contributed by atoms with van der Waals surface area (Å²) >= 11 is 0. The van der Waals surface area contributed by atoms with Gasteiger partial charge in [-0.15, -0.1) is 4.99 Å². The van der Waals surface area contributed by atoms with E-state index in [1.54, 1.807) is 7.11 Å². The van der Waals surface area contributed by atoms with Crippen LogP contribution in [0.15, 0.2) is 16.8 Å². The average molecular weight is 872 g/mol. The summed E-state index contributed by atoms with van der Waals surface area (Å²) in [5.74, 6) is 12.4. The predicted molar refractivity (Wildman–Crippen MR) is 253 cm³/mol. The highest BCUT2D eigenvalue weighted by atomic mass is 16.5. The third-order valence-corrected chi connectivity index (χ3v) is 18.0. The van der Waals surface area contributed by atoms with Gasteiger partial charge in [0, 0.05) is 43.6 Å². The van der Waals surface area contributed by atoms with Crippen molar-refractivity contribution in [2.24, 2.45) is 87.7 Å². The lowest BCUT2D eigenvalue weighted by molar-refractivity contribution is -0.699. The number of hydrogen-bond acceptors (Lipinski definition) is 7. The van der Waals surface area contributed by atoms with Gasteiger partial charge in [-0.05, 0) is 138 Å². The number of carbonyl (C=O) groups is 2. The van der Waals surface area contributed by atoms with Crippen molar-refractivity contribution in [3.63, 3.8) is 0 Å². The summed E-state index contributed by atoms with van der Waals surface area (Å²) in [7, 11) is 1.75. The molecule has 7 rings (SSSR count). The largest absolute Gasteiger partial charge is 0.391 e. The molecule has 14 unspecified atom stereocenters. The van der Waals surface area contributed by atoms with Crippen LogP contribution in [0, 0.1) is 94.7 Å². The molecule has 5 fully saturated rings. The number of ketones is 2. The van der Waals surface area contributed by atoms with E-state index in [1.807, 2.05) is 6.21 Å². The van der Waals surface area contributed by atoms with Crippen molar-refractivity contribution in [1.29, 1.82) is 0 Å². The smallest absolute Gasteiger partial charge is 0.177 e. The molecule has 5 aliphatic carbocycles. The maximum Gasteiger partial charge on any atom is 0.177 e. The second kappa shape index (κ2) is 23.6. The van der Waals surface area contributed by atoms with E-state index in [9.17, 15) is 19.8 Å². The highest BCUT2D eigenvalue weighted by Crippen LogP contribution is 2.51. The second-order valence-corrected chi connectivity index (χ2v) is 22.6. The molecule has 14 atom stereocenters. The van der Waals surface area contributed by atoms with Crippen molar-refractivity contribution in [3.05, 3.63) is 17.7 Å². The number of rotatable bonds is 14. The molecule has 4 saturated carbocycles. The minimum Gasteiger partial charge on any atom is -0.391 e. The van der Waals surface area contributed by atoms with Crippen molar-refractivity contribution in [2.45, 2.75) is 206 Å². The fourth-order valence-corrected chi connectivity index (χ4v) is 14.6. The summed E-state index contributed by atoms with van der Waals surface area (Å²) in [5.41, 5.74) is 7.52.